The van der Waals surface area contributed by atoms with Crippen molar-refractivity contribution < 1.29 is 0 Å². The number of halogens is 1. The van der Waals surface area contributed by atoms with Crippen molar-refractivity contribution in [2.24, 2.45) is 0 Å². The summed E-state index contributed by atoms with van der Waals surface area (Å²) in [6, 6.07) is 4.16. The van der Waals surface area contributed by atoms with Gasteiger partial charge in [0.25, 0.3) is 0 Å². The molecule has 1 aliphatic carbocycles. The molecule has 15 heavy (non-hydrogen) atoms. The second-order valence-corrected chi connectivity index (χ2v) is 5.25. The Kier molecular flexibility index (Phi) is 2.11. The monoisotopic (exact) mass is 238 g/mol. The highest BCUT2D eigenvalue weighted by Crippen LogP contribution is 2.41. The molecule has 0 saturated heterocycles. The van der Waals surface area contributed by atoms with Crippen molar-refractivity contribution in [3.05, 3.63) is 23.7 Å². The molecule has 1 N–H and O–H groups in total. The third-order valence-corrected chi connectivity index (χ3v) is 4.27. The summed E-state index contributed by atoms with van der Waals surface area (Å²) in [7, 11) is 0. The largest absolute Gasteiger partial charge is 0.363 e. The van der Waals surface area contributed by atoms with E-state index in [9.17, 15) is 0 Å². The summed E-state index contributed by atoms with van der Waals surface area (Å²) in [6.07, 6.45) is 4.16. The summed E-state index contributed by atoms with van der Waals surface area (Å²) in [6.45, 7) is 0. The molecule has 3 rings (SSSR count). The van der Waals surface area contributed by atoms with Crippen LogP contribution in [0, 0.1) is 0 Å². The van der Waals surface area contributed by atoms with E-state index in [1.54, 1.807) is 11.3 Å². The number of thiophene rings is 1. The number of nitrogens with zero attached hydrogens (tertiary/aromatic N) is 1. The predicted octanol–water partition coefficient (Wildman–Crippen LogP) is 3.48. The fraction of sp³-hybridized carbons (Fsp3) is 0.364. The summed E-state index contributed by atoms with van der Waals surface area (Å²) < 4.78 is 1.28. The van der Waals surface area contributed by atoms with Gasteiger partial charge in [-0.25, -0.2) is 4.98 Å². The third-order valence-electron chi connectivity index (χ3n) is 2.87. The molecule has 0 aromatic carbocycles. The Labute approximate surface area is 97.3 Å². The van der Waals surface area contributed by atoms with Gasteiger partial charge in [-0.2, -0.15) is 0 Å². The minimum atomic E-state index is 0.116. The smallest absolute Gasteiger partial charge is 0.135 e. The Morgan fingerprint density at radius 1 is 1.47 bits per heavy atom. The van der Waals surface area contributed by atoms with Crippen molar-refractivity contribution in [2.75, 3.05) is 11.2 Å². The second kappa shape index (κ2) is 3.35. The molecule has 2 nitrogen and oxygen atoms in total. The average molecular weight is 239 g/mol. The molecular weight excluding hydrogens is 228 g/mol. The highest BCUT2D eigenvalue weighted by atomic mass is 35.5. The summed E-state index contributed by atoms with van der Waals surface area (Å²) in [5.74, 6) is 1.64. The van der Waals surface area contributed by atoms with Crippen molar-refractivity contribution in [1.82, 2.24) is 4.98 Å². The first-order chi connectivity index (χ1) is 7.33. The number of rotatable bonds is 3. The van der Waals surface area contributed by atoms with Gasteiger partial charge in [0.2, 0.25) is 0 Å². The molecule has 4 heteroatoms. The average Bonchev–Trinajstić information content (AvgIpc) is 2.87. The molecule has 0 unspecified atom stereocenters. The highest BCUT2D eigenvalue weighted by Gasteiger charge is 2.42. The zero-order valence-electron chi connectivity index (χ0n) is 8.16. The number of hydrogen-bond acceptors (Lipinski definition) is 3. The lowest BCUT2D eigenvalue weighted by atomic mass is 10.2. The number of pyridine rings is 1. The summed E-state index contributed by atoms with van der Waals surface area (Å²) in [5, 5.41) is 6.77. The maximum absolute atomic E-state index is 5.94. The van der Waals surface area contributed by atoms with Gasteiger partial charge in [-0.15, -0.1) is 22.9 Å². The molecule has 2 heterocycles. The number of aromatic nitrogens is 1. The first kappa shape index (κ1) is 9.43. The highest BCUT2D eigenvalue weighted by molar-refractivity contribution is 7.17. The fourth-order valence-corrected chi connectivity index (χ4v) is 2.80. The van der Waals surface area contributed by atoms with E-state index in [-0.39, 0.29) is 5.54 Å². The van der Waals surface area contributed by atoms with Gasteiger partial charge in [-0.3, -0.25) is 0 Å². The van der Waals surface area contributed by atoms with Gasteiger partial charge in [0.05, 0.1) is 5.54 Å². The Hall–Kier alpha value is -0.800. The van der Waals surface area contributed by atoms with E-state index in [4.69, 9.17) is 11.6 Å². The van der Waals surface area contributed by atoms with Gasteiger partial charge in [0.15, 0.2) is 0 Å². The van der Waals surface area contributed by atoms with Crippen molar-refractivity contribution in [3.63, 3.8) is 0 Å². The quantitative estimate of drug-likeness (QED) is 0.829. The number of hydrogen-bond donors (Lipinski definition) is 1. The van der Waals surface area contributed by atoms with Gasteiger partial charge < -0.3 is 5.32 Å². The van der Waals surface area contributed by atoms with Crippen LogP contribution in [0.5, 0.6) is 0 Å². The normalized spacial score (nSPS) is 17.9. The van der Waals surface area contributed by atoms with E-state index in [0.29, 0.717) is 5.88 Å². The number of fused-ring (bicyclic) bond motifs is 1. The molecule has 78 valence electrons. The topological polar surface area (TPSA) is 24.9 Å². The molecule has 0 radical (unpaired) electrons. The van der Waals surface area contributed by atoms with E-state index in [1.165, 1.54) is 10.1 Å². The van der Waals surface area contributed by atoms with Crippen LogP contribution in [-0.2, 0) is 0 Å². The lowest BCUT2D eigenvalue weighted by Gasteiger charge is -2.15. The minimum absolute atomic E-state index is 0.116. The van der Waals surface area contributed by atoms with Gasteiger partial charge in [0, 0.05) is 22.2 Å². The number of nitrogens with one attached hydrogen (secondary N) is 1. The van der Waals surface area contributed by atoms with Gasteiger partial charge in [-0.1, -0.05) is 0 Å². The Morgan fingerprint density at radius 2 is 2.33 bits per heavy atom. The van der Waals surface area contributed by atoms with Crippen LogP contribution in [0.3, 0.4) is 0 Å². The molecule has 0 spiro atoms. The van der Waals surface area contributed by atoms with Gasteiger partial charge in [0.1, 0.15) is 5.82 Å². The number of anilines is 1. The first-order valence-electron chi connectivity index (χ1n) is 4.99. The van der Waals surface area contributed by atoms with E-state index in [1.807, 2.05) is 12.3 Å². The fourth-order valence-electron chi connectivity index (χ4n) is 1.69. The van der Waals surface area contributed by atoms with E-state index in [0.717, 1.165) is 18.7 Å². The van der Waals surface area contributed by atoms with E-state index >= 15 is 0 Å². The van der Waals surface area contributed by atoms with Crippen molar-refractivity contribution in [3.8, 4) is 0 Å². The molecule has 1 fully saturated rings. The molecule has 0 atom stereocenters. The second-order valence-electron chi connectivity index (χ2n) is 4.03. The minimum Gasteiger partial charge on any atom is -0.363 e. The molecule has 1 aliphatic rings. The van der Waals surface area contributed by atoms with Crippen molar-refractivity contribution in [1.29, 1.82) is 0 Å². The maximum atomic E-state index is 5.94. The first-order valence-corrected chi connectivity index (χ1v) is 6.41. The molecule has 2 aromatic heterocycles. The zero-order valence-corrected chi connectivity index (χ0v) is 9.74. The van der Waals surface area contributed by atoms with Crippen LogP contribution >= 0.6 is 22.9 Å². The van der Waals surface area contributed by atoms with Gasteiger partial charge >= 0.3 is 0 Å². The standard InChI is InChI=1S/C11H11ClN2S/c12-7-11(3-4-11)14-10-8-2-6-15-9(8)1-5-13-10/h1-2,5-6H,3-4,7H2,(H,13,14). The number of alkyl halides is 1. The molecule has 0 bridgehead atoms. The maximum Gasteiger partial charge on any atom is 0.135 e. The van der Waals surface area contributed by atoms with Crippen LogP contribution in [0.1, 0.15) is 12.8 Å². The summed E-state index contributed by atoms with van der Waals surface area (Å²) in [5.41, 5.74) is 0.116. The van der Waals surface area contributed by atoms with E-state index in [2.05, 4.69) is 21.7 Å². The Balaban J connectivity index is 2.00. The predicted molar refractivity (Wildman–Crippen MR) is 65.9 cm³/mol. The van der Waals surface area contributed by atoms with Gasteiger partial charge in [-0.05, 0) is 30.4 Å². The molecule has 1 saturated carbocycles. The third kappa shape index (κ3) is 1.60. The van der Waals surface area contributed by atoms with Crippen molar-refractivity contribution in [2.45, 2.75) is 18.4 Å². The molecule has 0 aliphatic heterocycles. The Bertz CT molecular complexity index is 490. The molecular formula is C11H11ClN2S. The summed E-state index contributed by atoms with van der Waals surface area (Å²) in [4.78, 5) is 4.39. The van der Waals surface area contributed by atoms with Crippen LogP contribution in [0.2, 0.25) is 0 Å². The van der Waals surface area contributed by atoms with Crippen LogP contribution in [-0.4, -0.2) is 16.4 Å². The Morgan fingerprint density at radius 3 is 3.07 bits per heavy atom. The van der Waals surface area contributed by atoms with E-state index < -0.39 is 0 Å². The lowest BCUT2D eigenvalue weighted by Crippen LogP contribution is -2.23. The van der Waals surface area contributed by atoms with Crippen LogP contribution in [0.15, 0.2) is 23.7 Å². The molecule has 0 amide bonds. The summed E-state index contributed by atoms with van der Waals surface area (Å²) >= 11 is 7.69. The van der Waals surface area contributed by atoms with Crippen LogP contribution in [0.4, 0.5) is 5.82 Å². The molecule has 2 aromatic rings. The van der Waals surface area contributed by atoms with Crippen LogP contribution < -0.4 is 5.32 Å². The lowest BCUT2D eigenvalue weighted by molar-refractivity contribution is 0.832. The SMILES string of the molecule is ClCC1(Nc2nccc3sccc23)CC1. The zero-order chi connectivity index (χ0) is 10.3. The van der Waals surface area contributed by atoms with Crippen molar-refractivity contribution >= 4 is 38.8 Å². The van der Waals surface area contributed by atoms with Crippen LogP contribution in [0.25, 0.3) is 10.1 Å².